The van der Waals surface area contributed by atoms with Gasteiger partial charge in [0.1, 0.15) is 12.2 Å². The number of fused-ring (bicyclic) bond motifs is 1. The molecule has 1 aromatic heterocycles. The number of ether oxygens (including phenoxy) is 1. The van der Waals surface area contributed by atoms with Gasteiger partial charge < -0.3 is 14.4 Å². The summed E-state index contributed by atoms with van der Waals surface area (Å²) < 4.78 is 61.8. The summed E-state index contributed by atoms with van der Waals surface area (Å²) in [6, 6.07) is 1.38. The fourth-order valence-corrected chi connectivity index (χ4v) is 2.98. The van der Waals surface area contributed by atoms with Crippen LogP contribution in [0.4, 0.5) is 23.2 Å². The third-order valence-electron chi connectivity index (χ3n) is 4.39. The zero-order valence-electron chi connectivity index (χ0n) is 15.8. The Morgan fingerprint density at radius 3 is 2.34 bits per heavy atom. The van der Waals surface area contributed by atoms with Crippen molar-refractivity contribution in [1.29, 1.82) is 0 Å². The van der Waals surface area contributed by atoms with Gasteiger partial charge in [0.25, 0.3) is 0 Å². The van der Waals surface area contributed by atoms with Crippen molar-refractivity contribution in [2.24, 2.45) is 0 Å². The van der Waals surface area contributed by atoms with Gasteiger partial charge in [-0.3, -0.25) is 19.7 Å². The van der Waals surface area contributed by atoms with E-state index in [-0.39, 0.29) is 11.6 Å². The molecular formula is C19H10F4N2O7. The Morgan fingerprint density at radius 2 is 1.78 bits per heavy atom. The normalized spacial score (nSPS) is 10.9. The van der Waals surface area contributed by atoms with Crippen LogP contribution in [0.25, 0.3) is 16.6 Å². The Labute approximate surface area is 174 Å². The fraction of sp³-hybridized carbons (Fsp3) is 0.105. The molecule has 1 N–H and O–H groups in total. The van der Waals surface area contributed by atoms with Crippen molar-refractivity contribution < 1.29 is 41.9 Å². The molecule has 0 aliphatic rings. The number of carboxylic acid groups (broad SMARTS) is 1. The Kier molecular flexibility index (Phi) is 5.66. The smallest absolute Gasteiger partial charge is 0.341 e. The summed E-state index contributed by atoms with van der Waals surface area (Å²) in [5, 5.41) is 19.6. The number of aromatic nitrogens is 1. The standard InChI is InChI=1S/C19H10F4N2O7/c1-7(26)32-6-8-2-11(20)14(25(30)31)4-13(8)24-5-10(19(28)29)18(27)9-3-12(21)15(22)16(23)17(9)24/h2-5H,6H2,1H3,(H,28,29). The molecular weight excluding hydrogens is 444 g/mol. The van der Waals surface area contributed by atoms with E-state index in [9.17, 15) is 47.2 Å². The van der Waals surface area contributed by atoms with E-state index in [0.29, 0.717) is 22.9 Å². The number of benzene rings is 2. The van der Waals surface area contributed by atoms with Crippen LogP contribution in [0.2, 0.25) is 0 Å². The van der Waals surface area contributed by atoms with Crippen LogP contribution in [0.15, 0.2) is 29.2 Å². The highest BCUT2D eigenvalue weighted by molar-refractivity contribution is 5.93. The summed E-state index contributed by atoms with van der Waals surface area (Å²) in [4.78, 5) is 45.1. The van der Waals surface area contributed by atoms with Crippen molar-refractivity contribution in [1.82, 2.24) is 4.57 Å². The van der Waals surface area contributed by atoms with Crippen LogP contribution in [0.1, 0.15) is 22.8 Å². The molecule has 0 saturated carbocycles. The second-order valence-corrected chi connectivity index (χ2v) is 6.40. The van der Waals surface area contributed by atoms with Crippen molar-refractivity contribution in [3.63, 3.8) is 0 Å². The average Bonchev–Trinajstić information content (AvgIpc) is 2.71. The second kappa shape index (κ2) is 8.09. The maximum atomic E-state index is 14.7. The van der Waals surface area contributed by atoms with Gasteiger partial charge in [-0.2, -0.15) is 4.39 Å². The number of halogens is 4. The van der Waals surface area contributed by atoms with Crippen LogP contribution in [0.3, 0.4) is 0 Å². The Morgan fingerprint density at radius 1 is 1.12 bits per heavy atom. The number of nitrogens with zero attached hydrogens (tertiary/aromatic N) is 2. The first-order valence-corrected chi connectivity index (χ1v) is 8.50. The summed E-state index contributed by atoms with van der Waals surface area (Å²) >= 11 is 0. The molecule has 9 nitrogen and oxygen atoms in total. The number of rotatable bonds is 5. The number of nitro benzene ring substituents is 1. The number of aromatic carboxylic acids is 1. The lowest BCUT2D eigenvalue weighted by atomic mass is 10.1. The fourth-order valence-electron chi connectivity index (χ4n) is 2.98. The van der Waals surface area contributed by atoms with Gasteiger partial charge in [0.05, 0.1) is 21.5 Å². The van der Waals surface area contributed by atoms with Gasteiger partial charge in [-0.1, -0.05) is 0 Å². The Bertz CT molecular complexity index is 1380. The van der Waals surface area contributed by atoms with E-state index in [4.69, 9.17) is 4.74 Å². The Balaban J connectivity index is 2.54. The van der Waals surface area contributed by atoms with E-state index < -0.39 is 80.0 Å². The first-order chi connectivity index (χ1) is 14.9. The first-order valence-electron chi connectivity index (χ1n) is 8.50. The van der Waals surface area contributed by atoms with Gasteiger partial charge in [0, 0.05) is 24.8 Å². The van der Waals surface area contributed by atoms with E-state index in [1.807, 2.05) is 0 Å². The number of hydrogen-bond acceptors (Lipinski definition) is 6. The maximum absolute atomic E-state index is 14.7. The van der Waals surface area contributed by atoms with Crippen LogP contribution in [-0.2, 0) is 16.1 Å². The summed E-state index contributed by atoms with van der Waals surface area (Å²) in [5.41, 5.74) is -5.33. The molecule has 0 aliphatic heterocycles. The van der Waals surface area contributed by atoms with E-state index in [1.54, 1.807) is 0 Å². The Hall–Kier alpha value is -4.29. The summed E-state index contributed by atoms with van der Waals surface area (Å²) in [7, 11) is 0. The number of pyridine rings is 1. The highest BCUT2D eigenvalue weighted by atomic mass is 19.2. The monoisotopic (exact) mass is 454 g/mol. The van der Waals surface area contributed by atoms with Crippen LogP contribution in [0.5, 0.6) is 0 Å². The lowest BCUT2D eigenvalue weighted by Gasteiger charge is -2.17. The van der Waals surface area contributed by atoms with Gasteiger partial charge in [0.15, 0.2) is 17.5 Å². The highest BCUT2D eigenvalue weighted by Gasteiger charge is 2.26. The predicted molar refractivity (Wildman–Crippen MR) is 98.5 cm³/mol. The SMILES string of the molecule is CC(=O)OCc1cc(F)c([N+](=O)[O-])cc1-n1cc(C(=O)O)c(=O)c2cc(F)c(F)c(F)c21. The number of carbonyl (C=O) groups is 2. The van der Waals surface area contributed by atoms with E-state index in [2.05, 4.69) is 0 Å². The molecule has 1 heterocycles. The van der Waals surface area contributed by atoms with E-state index in [1.165, 1.54) is 0 Å². The molecule has 0 fully saturated rings. The number of esters is 1. The van der Waals surface area contributed by atoms with Crippen molar-refractivity contribution in [3.05, 3.63) is 79.1 Å². The molecule has 0 unspecified atom stereocenters. The van der Waals surface area contributed by atoms with Crippen molar-refractivity contribution in [2.45, 2.75) is 13.5 Å². The van der Waals surface area contributed by atoms with Crippen molar-refractivity contribution in [3.8, 4) is 5.69 Å². The quantitative estimate of drug-likeness (QED) is 0.206. The predicted octanol–water partition coefficient (Wildman–Crippen LogP) is 3.22. The van der Waals surface area contributed by atoms with Crippen LogP contribution >= 0.6 is 0 Å². The zero-order valence-corrected chi connectivity index (χ0v) is 15.8. The molecule has 3 aromatic rings. The topological polar surface area (TPSA) is 129 Å². The number of carboxylic acids is 1. The molecule has 0 saturated heterocycles. The van der Waals surface area contributed by atoms with E-state index in [0.717, 1.165) is 6.92 Å². The second-order valence-electron chi connectivity index (χ2n) is 6.40. The van der Waals surface area contributed by atoms with Crippen molar-refractivity contribution >= 4 is 28.5 Å². The minimum atomic E-state index is -2.01. The molecule has 32 heavy (non-hydrogen) atoms. The molecule has 13 heteroatoms. The number of hydrogen-bond donors (Lipinski definition) is 1. The lowest BCUT2D eigenvalue weighted by Crippen LogP contribution is -2.20. The molecule has 3 rings (SSSR count). The van der Waals surface area contributed by atoms with Crippen LogP contribution in [-0.4, -0.2) is 26.5 Å². The molecule has 166 valence electrons. The van der Waals surface area contributed by atoms with Gasteiger partial charge >= 0.3 is 17.6 Å². The van der Waals surface area contributed by atoms with Crippen LogP contribution in [0, 0.1) is 33.4 Å². The maximum Gasteiger partial charge on any atom is 0.341 e. The number of carbonyl (C=O) groups excluding carboxylic acids is 1. The third kappa shape index (κ3) is 3.75. The molecule has 0 aliphatic carbocycles. The van der Waals surface area contributed by atoms with E-state index >= 15 is 0 Å². The summed E-state index contributed by atoms with van der Waals surface area (Å²) in [6.07, 6.45) is 0.516. The van der Waals surface area contributed by atoms with Gasteiger partial charge in [-0.25, -0.2) is 18.0 Å². The van der Waals surface area contributed by atoms with Gasteiger partial charge in [-0.05, 0) is 12.1 Å². The van der Waals surface area contributed by atoms with Crippen LogP contribution < -0.4 is 5.43 Å². The average molecular weight is 454 g/mol. The third-order valence-corrected chi connectivity index (χ3v) is 4.39. The number of nitro groups is 1. The largest absolute Gasteiger partial charge is 0.477 e. The first kappa shape index (κ1) is 22.4. The summed E-state index contributed by atoms with van der Waals surface area (Å²) in [5.74, 6) is -9.74. The molecule has 0 bridgehead atoms. The van der Waals surface area contributed by atoms with Gasteiger partial charge in [0.2, 0.25) is 11.2 Å². The minimum Gasteiger partial charge on any atom is -0.477 e. The molecule has 0 atom stereocenters. The van der Waals surface area contributed by atoms with Crippen molar-refractivity contribution in [2.75, 3.05) is 0 Å². The highest BCUT2D eigenvalue weighted by Crippen LogP contribution is 2.30. The molecule has 0 radical (unpaired) electrons. The molecule has 0 amide bonds. The minimum absolute atomic E-state index is 0.267. The molecule has 2 aromatic carbocycles. The van der Waals surface area contributed by atoms with Gasteiger partial charge in [-0.15, -0.1) is 0 Å². The lowest BCUT2D eigenvalue weighted by molar-refractivity contribution is -0.387. The molecule has 0 spiro atoms. The summed E-state index contributed by atoms with van der Waals surface area (Å²) in [6.45, 7) is 0.289. The zero-order chi connectivity index (χ0) is 23.9.